The normalized spacial score (nSPS) is 35.5. The molecular formula is C16H26N6O2. The highest BCUT2D eigenvalue weighted by Gasteiger charge is 2.78. The van der Waals surface area contributed by atoms with E-state index in [9.17, 15) is 4.79 Å². The van der Waals surface area contributed by atoms with Gasteiger partial charge in [0.25, 0.3) is 0 Å². The van der Waals surface area contributed by atoms with Crippen LogP contribution in [0.25, 0.3) is 0 Å². The van der Waals surface area contributed by atoms with Crippen molar-refractivity contribution in [1.29, 1.82) is 16.2 Å². The van der Waals surface area contributed by atoms with Crippen molar-refractivity contribution in [3.8, 4) is 0 Å². The van der Waals surface area contributed by atoms with Crippen molar-refractivity contribution in [2.45, 2.75) is 46.0 Å². The molecule has 1 spiro atoms. The molecule has 0 aliphatic heterocycles. The summed E-state index contributed by atoms with van der Waals surface area (Å²) in [7, 11) is 1.55. The van der Waals surface area contributed by atoms with Crippen molar-refractivity contribution in [2.75, 3.05) is 7.05 Å². The van der Waals surface area contributed by atoms with Crippen molar-refractivity contribution in [3.05, 3.63) is 0 Å². The van der Waals surface area contributed by atoms with Gasteiger partial charge < -0.3 is 4.84 Å². The lowest BCUT2D eigenvalue weighted by Gasteiger charge is -2.36. The van der Waals surface area contributed by atoms with Crippen molar-refractivity contribution in [1.82, 2.24) is 15.3 Å². The summed E-state index contributed by atoms with van der Waals surface area (Å²) >= 11 is 0. The first-order chi connectivity index (χ1) is 11.3. The second-order valence-corrected chi connectivity index (χ2v) is 7.75. The van der Waals surface area contributed by atoms with Crippen LogP contribution in [0.3, 0.4) is 0 Å². The maximum atomic E-state index is 12.9. The Labute approximate surface area is 142 Å². The van der Waals surface area contributed by atoms with Gasteiger partial charge in [-0.3, -0.25) is 21.2 Å². The molecule has 2 bridgehead atoms. The van der Waals surface area contributed by atoms with E-state index in [0.29, 0.717) is 11.8 Å². The Morgan fingerprint density at radius 1 is 1.25 bits per heavy atom. The first-order valence-corrected chi connectivity index (χ1v) is 8.39. The first kappa shape index (κ1) is 16.7. The van der Waals surface area contributed by atoms with Crippen LogP contribution in [0.15, 0.2) is 0 Å². The van der Waals surface area contributed by atoms with Crippen molar-refractivity contribution in [3.63, 3.8) is 0 Å². The number of carbonyl (C=O) groups excluding carboxylic acids is 1. The third-order valence-corrected chi connectivity index (χ3v) is 5.97. The average Bonchev–Trinajstić information content (AvgIpc) is 3.02. The number of carbonyl (C=O) groups is 1. The quantitative estimate of drug-likeness (QED) is 0.392. The SMILES string of the molecule is CC(=N)N(N(C)C=N)N(C=N)OC(=O)C12CC3CC(C)CC1(C3)C2. The molecule has 3 fully saturated rings. The number of hydroxylamine groups is 1. The van der Waals surface area contributed by atoms with E-state index in [0.717, 1.165) is 48.7 Å². The van der Waals surface area contributed by atoms with Crippen molar-refractivity contribution >= 4 is 24.5 Å². The Morgan fingerprint density at radius 2 is 1.96 bits per heavy atom. The topological polar surface area (TPSA) is 108 Å². The number of rotatable bonds is 6. The standard InChI is InChI=1S/C16H26N6O2/c1-11-4-13-6-15(5-11)8-16(15,7-13)14(23)24-21(10-18)22(12(2)19)20(3)9-17/h9-11,13,17-19H,4-8H2,1-3H3. The minimum atomic E-state index is -0.408. The highest BCUT2D eigenvalue weighted by atomic mass is 16.8. The molecule has 0 aromatic heterocycles. The third kappa shape index (κ3) is 2.27. The summed E-state index contributed by atoms with van der Waals surface area (Å²) in [6.45, 7) is 3.77. The predicted molar refractivity (Wildman–Crippen MR) is 89.1 cm³/mol. The monoisotopic (exact) mass is 334 g/mol. The second kappa shape index (κ2) is 5.46. The van der Waals surface area contributed by atoms with Gasteiger partial charge in [-0.1, -0.05) is 12.1 Å². The minimum Gasteiger partial charge on any atom is -0.317 e. The molecule has 3 aliphatic carbocycles. The lowest BCUT2D eigenvalue weighted by Crippen LogP contribution is -2.54. The van der Waals surface area contributed by atoms with E-state index in [1.165, 1.54) is 18.4 Å². The number of fused-ring (bicyclic) bond motifs is 1. The minimum absolute atomic E-state index is 0.0408. The molecule has 0 amide bonds. The lowest BCUT2D eigenvalue weighted by molar-refractivity contribution is -0.242. The van der Waals surface area contributed by atoms with Gasteiger partial charge in [-0.2, -0.15) is 0 Å². The molecule has 3 aliphatic rings. The summed E-state index contributed by atoms with van der Waals surface area (Å²) in [4.78, 5) is 18.4. The van der Waals surface area contributed by atoms with Gasteiger partial charge in [0.1, 0.15) is 18.5 Å². The molecule has 3 rings (SSSR count). The fourth-order valence-electron chi connectivity index (χ4n) is 5.29. The molecule has 8 nitrogen and oxygen atoms in total. The fourth-order valence-corrected chi connectivity index (χ4v) is 5.29. The second-order valence-electron chi connectivity index (χ2n) is 7.75. The Bertz CT molecular complexity index is 595. The van der Waals surface area contributed by atoms with Gasteiger partial charge in [-0.05, 0) is 56.3 Å². The average molecular weight is 334 g/mol. The van der Waals surface area contributed by atoms with Crippen LogP contribution in [0, 0.1) is 38.9 Å². The summed E-state index contributed by atoms with van der Waals surface area (Å²) in [6, 6.07) is 0. The Balaban J connectivity index is 1.76. The first-order valence-electron chi connectivity index (χ1n) is 8.39. The van der Waals surface area contributed by atoms with Crippen LogP contribution < -0.4 is 0 Å². The molecule has 3 saturated carbocycles. The van der Waals surface area contributed by atoms with E-state index in [1.54, 1.807) is 7.05 Å². The smallest absolute Gasteiger partial charge is 0.317 e. The summed E-state index contributed by atoms with van der Waals surface area (Å²) < 4.78 is 0. The lowest BCUT2D eigenvalue weighted by atomic mass is 9.77. The van der Waals surface area contributed by atoms with Crippen LogP contribution >= 0.6 is 0 Å². The number of nitrogens with zero attached hydrogens (tertiary/aromatic N) is 3. The summed E-state index contributed by atoms with van der Waals surface area (Å²) in [5.74, 6) is 1.00. The van der Waals surface area contributed by atoms with E-state index in [1.807, 2.05) is 0 Å². The zero-order valence-corrected chi connectivity index (χ0v) is 14.5. The molecule has 0 heterocycles. The number of hydrazine groups is 2. The Kier molecular flexibility index (Phi) is 3.80. The zero-order chi connectivity index (χ0) is 17.7. The molecule has 0 aromatic rings. The van der Waals surface area contributed by atoms with E-state index in [4.69, 9.17) is 21.1 Å². The Morgan fingerprint density at radius 3 is 2.54 bits per heavy atom. The van der Waals surface area contributed by atoms with E-state index in [2.05, 4.69) is 6.92 Å². The molecule has 4 unspecified atom stereocenters. The van der Waals surface area contributed by atoms with Gasteiger partial charge in [0.05, 0.1) is 5.41 Å². The molecule has 132 valence electrons. The van der Waals surface area contributed by atoms with Gasteiger partial charge in [-0.25, -0.2) is 4.79 Å². The third-order valence-electron chi connectivity index (χ3n) is 5.97. The van der Waals surface area contributed by atoms with Crippen LogP contribution in [0.4, 0.5) is 0 Å². The van der Waals surface area contributed by atoms with Gasteiger partial charge in [-0.15, -0.1) is 5.12 Å². The van der Waals surface area contributed by atoms with E-state index >= 15 is 0 Å². The summed E-state index contributed by atoms with van der Waals surface area (Å²) in [5.41, 5.74) is -0.313. The molecule has 4 atom stereocenters. The predicted octanol–water partition coefficient (Wildman–Crippen LogP) is 2.24. The maximum Gasteiger partial charge on any atom is 0.341 e. The molecule has 8 heteroatoms. The number of hydrogen-bond donors (Lipinski definition) is 3. The maximum absolute atomic E-state index is 12.9. The van der Waals surface area contributed by atoms with Crippen LogP contribution in [0.5, 0.6) is 0 Å². The van der Waals surface area contributed by atoms with Gasteiger partial charge in [0.2, 0.25) is 0 Å². The molecule has 0 saturated heterocycles. The summed E-state index contributed by atoms with van der Waals surface area (Å²) in [5, 5.41) is 26.1. The Hall–Kier alpha value is -2.12. The van der Waals surface area contributed by atoms with Gasteiger partial charge in [0.15, 0.2) is 0 Å². The van der Waals surface area contributed by atoms with Gasteiger partial charge >= 0.3 is 5.97 Å². The van der Waals surface area contributed by atoms with E-state index < -0.39 is 5.41 Å². The zero-order valence-electron chi connectivity index (χ0n) is 14.5. The van der Waals surface area contributed by atoms with E-state index in [-0.39, 0.29) is 17.2 Å². The highest BCUT2D eigenvalue weighted by molar-refractivity contribution is 5.84. The largest absolute Gasteiger partial charge is 0.341 e. The fraction of sp³-hybridized carbons (Fsp3) is 0.750. The summed E-state index contributed by atoms with van der Waals surface area (Å²) in [6.07, 6.45) is 6.99. The van der Waals surface area contributed by atoms with Crippen LogP contribution in [0.1, 0.15) is 46.0 Å². The van der Waals surface area contributed by atoms with Crippen molar-refractivity contribution < 1.29 is 9.63 Å². The molecule has 0 aromatic carbocycles. The molecule has 3 N–H and O–H groups in total. The van der Waals surface area contributed by atoms with Crippen LogP contribution in [-0.4, -0.2) is 46.8 Å². The van der Waals surface area contributed by atoms with Crippen LogP contribution in [0.2, 0.25) is 0 Å². The molecule has 0 radical (unpaired) electrons. The van der Waals surface area contributed by atoms with Crippen molar-refractivity contribution in [2.24, 2.45) is 22.7 Å². The molecular weight excluding hydrogens is 308 g/mol. The molecule has 24 heavy (non-hydrogen) atoms. The number of nitrogens with one attached hydrogen (secondary N) is 3. The number of hydrogen-bond acceptors (Lipinski definition) is 5. The highest BCUT2D eigenvalue weighted by Crippen LogP contribution is 2.80. The number of amidine groups is 1. The van der Waals surface area contributed by atoms with Crippen LogP contribution in [-0.2, 0) is 9.63 Å². The van der Waals surface area contributed by atoms with Gasteiger partial charge in [0, 0.05) is 7.05 Å².